The van der Waals surface area contributed by atoms with Gasteiger partial charge in [-0.25, -0.2) is 0 Å². The standard InChI is InChI=1S/C54H36N2O/c1-2-14-41(15-3-1)54(50-20-7-4-17-46(50)47-18-5-8-21-51(47)54)42-26-30-44(31-27-42)56(45-16-10-12-38(34-45)40-13-11-33-55-36-40)43-28-23-37(24-29-43)39-25-32-53-49(35-39)48-19-6-9-22-52(48)57-53/h1-36H. The summed E-state index contributed by atoms with van der Waals surface area (Å²) in [5, 5.41) is 2.26. The van der Waals surface area contributed by atoms with Crippen molar-refractivity contribution in [1.82, 2.24) is 4.98 Å². The fourth-order valence-corrected chi connectivity index (χ4v) is 9.09. The molecule has 3 heteroatoms. The van der Waals surface area contributed by atoms with Crippen molar-refractivity contribution < 1.29 is 4.42 Å². The van der Waals surface area contributed by atoms with E-state index in [9.17, 15) is 0 Å². The van der Waals surface area contributed by atoms with Crippen LogP contribution in [-0.4, -0.2) is 4.98 Å². The number of anilines is 3. The van der Waals surface area contributed by atoms with E-state index in [1.807, 2.05) is 30.6 Å². The van der Waals surface area contributed by atoms with Gasteiger partial charge in [0.2, 0.25) is 0 Å². The van der Waals surface area contributed by atoms with Gasteiger partial charge in [-0.15, -0.1) is 0 Å². The molecule has 8 aromatic carbocycles. The smallest absolute Gasteiger partial charge is 0.135 e. The van der Waals surface area contributed by atoms with Gasteiger partial charge in [0.25, 0.3) is 0 Å². The monoisotopic (exact) mass is 728 g/mol. The predicted octanol–water partition coefficient (Wildman–Crippen LogP) is 14.1. The van der Waals surface area contributed by atoms with Crippen molar-refractivity contribution in [1.29, 1.82) is 0 Å². The summed E-state index contributed by atoms with van der Waals surface area (Å²) < 4.78 is 6.13. The summed E-state index contributed by atoms with van der Waals surface area (Å²) in [5.41, 5.74) is 16.7. The number of nitrogens with zero attached hydrogens (tertiary/aromatic N) is 2. The summed E-state index contributed by atoms with van der Waals surface area (Å²) in [5.74, 6) is 0. The molecule has 2 aromatic heterocycles. The molecule has 0 spiro atoms. The number of hydrogen-bond donors (Lipinski definition) is 0. The Morgan fingerprint density at radius 3 is 1.72 bits per heavy atom. The maximum atomic E-state index is 6.13. The van der Waals surface area contributed by atoms with Gasteiger partial charge in [0, 0.05) is 45.8 Å². The minimum atomic E-state index is -0.457. The van der Waals surface area contributed by atoms with E-state index >= 15 is 0 Å². The van der Waals surface area contributed by atoms with E-state index in [0.717, 1.165) is 61.3 Å². The lowest BCUT2D eigenvalue weighted by atomic mass is 9.68. The molecule has 0 unspecified atom stereocenters. The van der Waals surface area contributed by atoms with Crippen LogP contribution in [0.3, 0.4) is 0 Å². The van der Waals surface area contributed by atoms with E-state index in [2.05, 4.69) is 198 Å². The Morgan fingerprint density at radius 1 is 0.386 bits per heavy atom. The Bertz CT molecular complexity index is 3010. The lowest BCUT2D eigenvalue weighted by Gasteiger charge is -2.34. The first-order chi connectivity index (χ1) is 28.3. The second-order valence-electron chi connectivity index (χ2n) is 14.7. The Balaban J connectivity index is 1.05. The number of rotatable bonds is 7. The molecule has 1 aliphatic carbocycles. The number of pyridine rings is 1. The lowest BCUT2D eigenvalue weighted by Crippen LogP contribution is -2.28. The van der Waals surface area contributed by atoms with Crippen LogP contribution in [0.2, 0.25) is 0 Å². The summed E-state index contributed by atoms with van der Waals surface area (Å²) in [6.07, 6.45) is 3.74. The fraction of sp³-hybridized carbons (Fsp3) is 0.0185. The first-order valence-corrected chi connectivity index (χ1v) is 19.4. The van der Waals surface area contributed by atoms with Gasteiger partial charge in [0.15, 0.2) is 0 Å². The summed E-state index contributed by atoms with van der Waals surface area (Å²) in [7, 11) is 0. The summed E-state index contributed by atoms with van der Waals surface area (Å²) in [6.45, 7) is 0. The Hall–Kier alpha value is -7.49. The van der Waals surface area contributed by atoms with E-state index in [4.69, 9.17) is 4.42 Å². The minimum Gasteiger partial charge on any atom is -0.456 e. The molecule has 1 aliphatic rings. The minimum absolute atomic E-state index is 0.457. The van der Waals surface area contributed by atoms with Crippen LogP contribution in [0.5, 0.6) is 0 Å². The van der Waals surface area contributed by atoms with Crippen molar-refractivity contribution in [2.75, 3.05) is 4.90 Å². The van der Waals surface area contributed by atoms with E-state index in [-0.39, 0.29) is 0 Å². The zero-order valence-corrected chi connectivity index (χ0v) is 31.1. The van der Waals surface area contributed by atoms with Gasteiger partial charge in [-0.1, -0.05) is 146 Å². The Kier molecular flexibility index (Phi) is 7.71. The molecule has 0 fully saturated rings. The van der Waals surface area contributed by atoms with E-state index in [1.165, 1.54) is 33.4 Å². The van der Waals surface area contributed by atoms with E-state index in [1.54, 1.807) is 0 Å². The molecule has 0 amide bonds. The van der Waals surface area contributed by atoms with Gasteiger partial charge in [0.05, 0.1) is 5.41 Å². The highest BCUT2D eigenvalue weighted by atomic mass is 16.3. The molecule has 0 saturated carbocycles. The van der Waals surface area contributed by atoms with E-state index in [0.29, 0.717) is 0 Å². The fourth-order valence-electron chi connectivity index (χ4n) is 9.09. The number of benzene rings is 8. The summed E-state index contributed by atoms with van der Waals surface area (Å²) in [4.78, 5) is 6.77. The Labute approximate surface area is 331 Å². The molecular weight excluding hydrogens is 693 g/mol. The molecule has 2 heterocycles. The van der Waals surface area contributed by atoms with Crippen LogP contribution in [-0.2, 0) is 5.41 Å². The molecule has 0 N–H and O–H groups in total. The van der Waals surface area contributed by atoms with Gasteiger partial charge >= 0.3 is 0 Å². The zero-order valence-electron chi connectivity index (χ0n) is 31.1. The molecule has 57 heavy (non-hydrogen) atoms. The predicted molar refractivity (Wildman–Crippen MR) is 234 cm³/mol. The molecule has 268 valence electrons. The van der Waals surface area contributed by atoms with Crippen molar-refractivity contribution >= 4 is 39.0 Å². The van der Waals surface area contributed by atoms with Crippen LogP contribution >= 0.6 is 0 Å². The third kappa shape index (κ3) is 5.32. The molecule has 0 aliphatic heterocycles. The SMILES string of the molecule is c1ccc(C2(c3ccc(N(c4ccc(-c5ccc6oc7ccccc7c6c5)cc4)c4cccc(-c5cccnc5)c4)cc3)c3ccccc3-c3ccccc32)cc1. The number of hydrogen-bond acceptors (Lipinski definition) is 3. The van der Waals surface area contributed by atoms with Crippen molar-refractivity contribution in [3.63, 3.8) is 0 Å². The Morgan fingerprint density at radius 2 is 0.982 bits per heavy atom. The molecule has 10 aromatic rings. The number of fused-ring (bicyclic) bond motifs is 6. The highest BCUT2D eigenvalue weighted by Gasteiger charge is 2.45. The summed E-state index contributed by atoms with van der Waals surface area (Å²) >= 11 is 0. The molecule has 0 radical (unpaired) electrons. The molecule has 0 saturated heterocycles. The van der Waals surface area contributed by atoms with Crippen molar-refractivity contribution in [3.8, 4) is 33.4 Å². The van der Waals surface area contributed by atoms with Crippen LogP contribution in [0.25, 0.3) is 55.3 Å². The second-order valence-corrected chi connectivity index (χ2v) is 14.7. The lowest BCUT2D eigenvalue weighted by molar-refractivity contribution is 0.669. The normalized spacial score (nSPS) is 12.7. The number of para-hydroxylation sites is 1. The van der Waals surface area contributed by atoms with Gasteiger partial charge in [-0.3, -0.25) is 4.98 Å². The molecule has 11 rings (SSSR count). The van der Waals surface area contributed by atoms with Gasteiger partial charge in [0.1, 0.15) is 11.2 Å². The van der Waals surface area contributed by atoms with E-state index < -0.39 is 5.41 Å². The largest absolute Gasteiger partial charge is 0.456 e. The number of aromatic nitrogens is 1. The maximum Gasteiger partial charge on any atom is 0.135 e. The topological polar surface area (TPSA) is 29.3 Å². The quantitative estimate of drug-likeness (QED) is 0.164. The first-order valence-electron chi connectivity index (χ1n) is 19.4. The van der Waals surface area contributed by atoms with Gasteiger partial charge in [-0.2, -0.15) is 0 Å². The van der Waals surface area contributed by atoms with Gasteiger partial charge in [-0.05, 0) is 111 Å². The average molecular weight is 729 g/mol. The van der Waals surface area contributed by atoms with Crippen molar-refractivity contribution in [2.24, 2.45) is 0 Å². The van der Waals surface area contributed by atoms with Crippen molar-refractivity contribution in [3.05, 3.63) is 241 Å². The van der Waals surface area contributed by atoms with Crippen LogP contribution in [0, 0.1) is 0 Å². The third-order valence-electron chi connectivity index (χ3n) is 11.7. The van der Waals surface area contributed by atoms with Crippen LogP contribution in [0.1, 0.15) is 22.3 Å². The maximum absolute atomic E-state index is 6.13. The second kappa shape index (κ2) is 13.4. The first kappa shape index (κ1) is 32.9. The third-order valence-corrected chi connectivity index (χ3v) is 11.7. The molecule has 3 nitrogen and oxygen atoms in total. The van der Waals surface area contributed by atoms with Crippen LogP contribution in [0.4, 0.5) is 17.1 Å². The molecule has 0 bridgehead atoms. The molecular formula is C54H36N2O. The van der Waals surface area contributed by atoms with Crippen LogP contribution in [0.15, 0.2) is 223 Å². The molecule has 0 atom stereocenters. The van der Waals surface area contributed by atoms with Crippen LogP contribution < -0.4 is 4.90 Å². The van der Waals surface area contributed by atoms with Gasteiger partial charge < -0.3 is 9.32 Å². The highest BCUT2D eigenvalue weighted by Crippen LogP contribution is 2.56. The number of furan rings is 1. The van der Waals surface area contributed by atoms with Crippen molar-refractivity contribution in [2.45, 2.75) is 5.41 Å². The average Bonchev–Trinajstić information content (AvgIpc) is 3.81. The zero-order chi connectivity index (χ0) is 37.8. The summed E-state index contributed by atoms with van der Waals surface area (Å²) in [6, 6.07) is 74.5. The highest BCUT2D eigenvalue weighted by molar-refractivity contribution is 6.06.